The second kappa shape index (κ2) is 5.98. The Bertz CT molecular complexity index is 537. The highest BCUT2D eigenvalue weighted by Gasteiger charge is 2.23. The normalized spacial score (nSPS) is 9.61. The van der Waals surface area contributed by atoms with Crippen molar-refractivity contribution in [2.75, 3.05) is 6.61 Å². The van der Waals surface area contributed by atoms with Crippen molar-refractivity contribution in [3.05, 3.63) is 38.9 Å². The molecule has 0 unspecified atom stereocenters. The first-order valence-corrected chi connectivity index (χ1v) is 5.53. The Morgan fingerprint density at radius 2 is 2.28 bits per heavy atom. The van der Waals surface area contributed by atoms with E-state index in [9.17, 15) is 14.9 Å². The monoisotopic (exact) mass is 268 g/mol. The van der Waals surface area contributed by atoms with Crippen LogP contribution in [0, 0.1) is 21.4 Å². The molecule has 94 valence electrons. The molecule has 1 rings (SSSR count). The molecule has 0 aliphatic heterocycles. The summed E-state index contributed by atoms with van der Waals surface area (Å²) in [6.45, 7) is 1.80. The van der Waals surface area contributed by atoms with Crippen molar-refractivity contribution < 1.29 is 14.5 Å². The molecule has 0 N–H and O–H groups in total. The predicted octanol–water partition coefficient (Wildman–Crippen LogP) is 2.38. The molecular formula is C11H9ClN2O4. The number of ether oxygens (including phenoxy) is 1. The van der Waals surface area contributed by atoms with Crippen LogP contribution in [0.1, 0.15) is 28.4 Å². The number of esters is 1. The van der Waals surface area contributed by atoms with Gasteiger partial charge in [-0.15, -0.1) is 11.6 Å². The van der Waals surface area contributed by atoms with Crippen LogP contribution in [0.2, 0.25) is 0 Å². The molecule has 0 bridgehead atoms. The number of nitro benzene ring substituents is 1. The van der Waals surface area contributed by atoms with Gasteiger partial charge in [-0.1, -0.05) is 0 Å². The van der Waals surface area contributed by atoms with Crippen molar-refractivity contribution in [2.45, 2.75) is 12.8 Å². The van der Waals surface area contributed by atoms with E-state index in [1.807, 2.05) is 0 Å². The van der Waals surface area contributed by atoms with E-state index in [4.69, 9.17) is 21.6 Å². The number of nitriles is 1. The second-order valence-corrected chi connectivity index (χ2v) is 3.48. The number of nitro groups is 1. The highest BCUT2D eigenvalue weighted by Crippen LogP contribution is 2.26. The average molecular weight is 269 g/mol. The van der Waals surface area contributed by atoms with Crippen LogP contribution in [0.4, 0.5) is 5.69 Å². The maximum atomic E-state index is 11.6. The fourth-order valence-electron chi connectivity index (χ4n) is 1.45. The first-order valence-electron chi connectivity index (χ1n) is 5.00. The summed E-state index contributed by atoms with van der Waals surface area (Å²) in [6, 6.07) is 4.04. The molecule has 0 saturated heterocycles. The van der Waals surface area contributed by atoms with E-state index in [2.05, 4.69) is 0 Å². The summed E-state index contributed by atoms with van der Waals surface area (Å²) in [4.78, 5) is 21.7. The number of rotatable bonds is 4. The van der Waals surface area contributed by atoms with Crippen molar-refractivity contribution in [3.8, 4) is 6.07 Å². The zero-order valence-electron chi connectivity index (χ0n) is 9.47. The highest BCUT2D eigenvalue weighted by atomic mass is 35.5. The summed E-state index contributed by atoms with van der Waals surface area (Å²) in [5, 5.41) is 19.7. The minimum Gasteiger partial charge on any atom is -0.462 e. The van der Waals surface area contributed by atoms with Gasteiger partial charge in [0, 0.05) is 17.5 Å². The number of hydrogen-bond donors (Lipinski definition) is 0. The first kappa shape index (κ1) is 13.9. The number of alkyl halides is 1. The van der Waals surface area contributed by atoms with Crippen LogP contribution in [-0.2, 0) is 10.6 Å². The van der Waals surface area contributed by atoms with Gasteiger partial charge in [0.05, 0.1) is 17.1 Å². The van der Waals surface area contributed by atoms with Crippen LogP contribution >= 0.6 is 11.6 Å². The predicted molar refractivity (Wildman–Crippen MR) is 63.3 cm³/mol. The van der Waals surface area contributed by atoms with Gasteiger partial charge in [0.2, 0.25) is 0 Å². The quantitative estimate of drug-likeness (QED) is 0.362. The molecule has 0 spiro atoms. The van der Waals surface area contributed by atoms with Crippen LogP contribution in [0.15, 0.2) is 12.1 Å². The van der Waals surface area contributed by atoms with E-state index in [0.29, 0.717) is 0 Å². The fraction of sp³-hybridized carbons (Fsp3) is 0.273. The first-order chi connectivity index (χ1) is 8.56. The molecule has 0 amide bonds. The SMILES string of the molecule is CCOC(=O)c1ccc([N+](=O)[O-])c(C#N)c1CCl. The van der Waals surface area contributed by atoms with Gasteiger partial charge in [-0.05, 0) is 13.0 Å². The van der Waals surface area contributed by atoms with E-state index >= 15 is 0 Å². The standard InChI is InChI=1S/C11H9ClN2O4/c1-2-18-11(15)7-3-4-10(14(16)17)9(6-13)8(7)5-12/h3-4H,2,5H2,1H3. The minimum atomic E-state index is -0.691. The molecule has 0 radical (unpaired) electrons. The van der Waals surface area contributed by atoms with Gasteiger partial charge in [0.25, 0.3) is 5.69 Å². The van der Waals surface area contributed by atoms with Gasteiger partial charge in [0.1, 0.15) is 11.6 Å². The molecule has 0 heterocycles. The molecule has 7 heteroatoms. The fourth-order valence-corrected chi connectivity index (χ4v) is 1.73. The molecule has 0 saturated carbocycles. The molecule has 0 aromatic heterocycles. The number of carbonyl (C=O) groups is 1. The number of halogens is 1. The van der Waals surface area contributed by atoms with E-state index in [-0.39, 0.29) is 34.9 Å². The zero-order chi connectivity index (χ0) is 13.7. The summed E-state index contributed by atoms with van der Waals surface area (Å²) in [6.07, 6.45) is 0. The lowest BCUT2D eigenvalue weighted by atomic mass is 10.0. The molecule has 18 heavy (non-hydrogen) atoms. The van der Waals surface area contributed by atoms with Crippen LogP contribution < -0.4 is 0 Å². The largest absolute Gasteiger partial charge is 0.462 e. The average Bonchev–Trinajstić information content (AvgIpc) is 2.36. The summed E-state index contributed by atoms with van der Waals surface area (Å²) < 4.78 is 4.79. The lowest BCUT2D eigenvalue weighted by Gasteiger charge is -2.08. The summed E-state index contributed by atoms with van der Waals surface area (Å²) in [5.41, 5.74) is -0.387. The van der Waals surface area contributed by atoms with E-state index < -0.39 is 10.9 Å². The Morgan fingerprint density at radius 1 is 1.61 bits per heavy atom. The molecule has 0 atom stereocenters. The summed E-state index contributed by atoms with van der Waals surface area (Å²) >= 11 is 5.66. The van der Waals surface area contributed by atoms with Crippen LogP contribution in [-0.4, -0.2) is 17.5 Å². The Labute approximate surface area is 108 Å². The smallest absolute Gasteiger partial charge is 0.338 e. The zero-order valence-corrected chi connectivity index (χ0v) is 10.2. The lowest BCUT2D eigenvalue weighted by Crippen LogP contribution is -2.10. The maximum Gasteiger partial charge on any atom is 0.338 e. The number of carbonyl (C=O) groups excluding carboxylic acids is 1. The second-order valence-electron chi connectivity index (χ2n) is 3.21. The number of benzene rings is 1. The van der Waals surface area contributed by atoms with Gasteiger partial charge in [-0.3, -0.25) is 10.1 Å². The van der Waals surface area contributed by atoms with Crippen molar-refractivity contribution in [2.24, 2.45) is 0 Å². The molecule has 0 aliphatic rings. The number of nitrogens with zero attached hydrogens (tertiary/aromatic N) is 2. The van der Waals surface area contributed by atoms with Crippen LogP contribution in [0.3, 0.4) is 0 Å². The van der Waals surface area contributed by atoms with Crippen molar-refractivity contribution >= 4 is 23.3 Å². The van der Waals surface area contributed by atoms with Gasteiger partial charge in [-0.2, -0.15) is 5.26 Å². The molecule has 1 aromatic carbocycles. The Balaban J connectivity index is 3.45. The minimum absolute atomic E-state index is 0.0778. The summed E-state index contributed by atoms with van der Waals surface area (Å²) in [5.74, 6) is -0.835. The number of hydrogen-bond acceptors (Lipinski definition) is 5. The molecule has 0 aliphatic carbocycles. The summed E-state index contributed by atoms with van der Waals surface area (Å²) in [7, 11) is 0. The molecule has 1 aromatic rings. The van der Waals surface area contributed by atoms with Gasteiger partial charge >= 0.3 is 5.97 Å². The third kappa shape index (κ3) is 2.57. The lowest BCUT2D eigenvalue weighted by molar-refractivity contribution is -0.385. The molecule has 0 fully saturated rings. The van der Waals surface area contributed by atoms with Gasteiger partial charge in [0.15, 0.2) is 0 Å². The Kier molecular flexibility index (Phi) is 4.63. The molecule has 6 nitrogen and oxygen atoms in total. The van der Waals surface area contributed by atoms with E-state index in [1.54, 1.807) is 13.0 Å². The molecular weight excluding hydrogens is 260 g/mol. The third-order valence-corrected chi connectivity index (χ3v) is 2.50. The van der Waals surface area contributed by atoms with Crippen LogP contribution in [0.5, 0.6) is 0 Å². The van der Waals surface area contributed by atoms with Crippen molar-refractivity contribution in [1.29, 1.82) is 5.26 Å². The highest BCUT2D eigenvalue weighted by molar-refractivity contribution is 6.18. The van der Waals surface area contributed by atoms with Crippen LogP contribution in [0.25, 0.3) is 0 Å². The van der Waals surface area contributed by atoms with E-state index in [0.717, 1.165) is 6.07 Å². The topological polar surface area (TPSA) is 93.2 Å². The van der Waals surface area contributed by atoms with Gasteiger partial charge < -0.3 is 4.74 Å². The van der Waals surface area contributed by atoms with Crippen molar-refractivity contribution in [3.63, 3.8) is 0 Å². The van der Waals surface area contributed by atoms with E-state index in [1.165, 1.54) is 6.07 Å². The van der Waals surface area contributed by atoms with Gasteiger partial charge in [-0.25, -0.2) is 4.79 Å². The Hall–Kier alpha value is -2.13. The maximum absolute atomic E-state index is 11.6. The Morgan fingerprint density at radius 3 is 2.72 bits per heavy atom. The van der Waals surface area contributed by atoms with Crippen molar-refractivity contribution in [1.82, 2.24) is 0 Å². The third-order valence-electron chi connectivity index (χ3n) is 2.23.